The average molecular weight is 426 g/mol. The second-order valence-corrected chi connectivity index (χ2v) is 8.76. The fourth-order valence-electron chi connectivity index (χ4n) is 3.15. The van der Waals surface area contributed by atoms with Crippen LogP contribution in [0.25, 0.3) is 10.4 Å². The largest absolute Gasteiger partial charge is 0.293 e. The zero-order valence-electron chi connectivity index (χ0n) is 20.7. The Hall–Kier alpha value is -2.32. The van der Waals surface area contributed by atoms with E-state index in [0.717, 1.165) is 44.9 Å². The van der Waals surface area contributed by atoms with Crippen molar-refractivity contribution < 1.29 is 4.79 Å². The van der Waals surface area contributed by atoms with Gasteiger partial charge in [0.1, 0.15) is 0 Å². The molecule has 0 heterocycles. The summed E-state index contributed by atoms with van der Waals surface area (Å²) in [5, 5.41) is 3.09. The maximum Gasteiger partial charge on any atom is 0.219 e. The summed E-state index contributed by atoms with van der Waals surface area (Å²) in [7, 11) is 0. The molecule has 0 saturated carbocycles. The maximum absolute atomic E-state index is 11.2. The Labute approximate surface area is 190 Å². The Balaban J connectivity index is 4.09. The molecular formula is C27H43N3O. The first kappa shape index (κ1) is 28.7. The van der Waals surface area contributed by atoms with Crippen LogP contribution < -0.4 is 0 Å². The fraction of sp³-hybridized carbons (Fsp3) is 0.593. The lowest BCUT2D eigenvalue weighted by atomic mass is 10.0. The van der Waals surface area contributed by atoms with Gasteiger partial charge in [0.2, 0.25) is 5.91 Å². The van der Waals surface area contributed by atoms with Crippen molar-refractivity contribution in [3.8, 4) is 0 Å². The highest BCUT2D eigenvalue weighted by atomic mass is 16.1. The summed E-state index contributed by atoms with van der Waals surface area (Å²) < 4.78 is 0. The summed E-state index contributed by atoms with van der Waals surface area (Å²) in [5.74, 6) is -0.389. The summed E-state index contributed by atoms with van der Waals surface area (Å²) in [5.41, 5.74) is 15.2. The van der Waals surface area contributed by atoms with Crippen LogP contribution in [-0.2, 0) is 4.79 Å². The Bertz CT molecular complexity index is 740. The summed E-state index contributed by atoms with van der Waals surface area (Å²) in [6.45, 7) is 13.0. The quantitative estimate of drug-likeness (QED) is 0.0846. The van der Waals surface area contributed by atoms with Gasteiger partial charge in [-0.15, -0.1) is 0 Å². The first-order chi connectivity index (χ1) is 14.7. The van der Waals surface area contributed by atoms with Crippen molar-refractivity contribution in [2.24, 2.45) is 5.11 Å². The minimum atomic E-state index is -0.389. The van der Waals surface area contributed by atoms with E-state index in [1.165, 1.54) is 34.3 Å². The predicted octanol–water partition coefficient (Wildman–Crippen LogP) is 9.48. The Kier molecular flexibility index (Phi) is 17.1. The van der Waals surface area contributed by atoms with Gasteiger partial charge >= 0.3 is 0 Å². The van der Waals surface area contributed by atoms with E-state index in [-0.39, 0.29) is 12.3 Å². The molecule has 172 valence electrons. The Morgan fingerprint density at radius 3 is 1.42 bits per heavy atom. The van der Waals surface area contributed by atoms with Crippen LogP contribution in [-0.4, -0.2) is 5.91 Å². The minimum absolute atomic E-state index is 0.290. The van der Waals surface area contributed by atoms with Crippen molar-refractivity contribution in [2.45, 2.75) is 106 Å². The minimum Gasteiger partial charge on any atom is -0.293 e. The number of carbonyl (C=O) groups excluding carboxylic acids is 1. The molecule has 0 saturated heterocycles. The molecule has 0 radical (unpaired) electrons. The monoisotopic (exact) mass is 425 g/mol. The number of hydrogen-bond acceptors (Lipinski definition) is 1. The van der Waals surface area contributed by atoms with Crippen molar-refractivity contribution in [1.29, 1.82) is 0 Å². The number of carbonyl (C=O) groups is 1. The van der Waals surface area contributed by atoms with Gasteiger partial charge in [0.25, 0.3) is 0 Å². The highest BCUT2D eigenvalue weighted by Gasteiger charge is 1.99. The second kappa shape index (κ2) is 18.4. The normalized spacial score (nSPS) is 13.1. The molecule has 0 aromatic rings. The zero-order valence-corrected chi connectivity index (χ0v) is 20.7. The molecule has 0 rings (SSSR count). The first-order valence-corrected chi connectivity index (χ1v) is 11.6. The standard InChI is InChI=1S/C27H43N3O/c1-22(2)12-9-15-25(5)18-10-16-23(3)13-7-8-14-24(4)17-11-19-26(6)20-21-27(31)29-30-28/h12-14,18-19H,7-11,15-17,20-21H2,1-6H3/b23-13+,24-14+,25-18+,26-19+. The number of azide groups is 1. The molecule has 0 fully saturated rings. The molecule has 0 atom stereocenters. The summed E-state index contributed by atoms with van der Waals surface area (Å²) in [6.07, 6.45) is 21.4. The number of hydrogen-bond donors (Lipinski definition) is 0. The van der Waals surface area contributed by atoms with Crippen molar-refractivity contribution in [1.82, 2.24) is 0 Å². The fourth-order valence-corrected chi connectivity index (χ4v) is 3.15. The van der Waals surface area contributed by atoms with Crippen LogP contribution in [0.2, 0.25) is 0 Å². The van der Waals surface area contributed by atoms with Crippen molar-refractivity contribution in [2.75, 3.05) is 0 Å². The molecular weight excluding hydrogens is 382 g/mol. The Morgan fingerprint density at radius 2 is 1.00 bits per heavy atom. The van der Waals surface area contributed by atoms with Crippen LogP contribution in [0.5, 0.6) is 0 Å². The molecule has 4 heteroatoms. The van der Waals surface area contributed by atoms with E-state index in [2.05, 4.69) is 75.0 Å². The van der Waals surface area contributed by atoms with Gasteiger partial charge in [0, 0.05) is 11.3 Å². The third-order valence-corrected chi connectivity index (χ3v) is 5.20. The van der Waals surface area contributed by atoms with Gasteiger partial charge in [-0.3, -0.25) is 4.79 Å². The summed E-state index contributed by atoms with van der Waals surface area (Å²) in [6, 6.07) is 0. The van der Waals surface area contributed by atoms with Crippen LogP contribution in [0.15, 0.2) is 63.4 Å². The molecule has 4 nitrogen and oxygen atoms in total. The van der Waals surface area contributed by atoms with Gasteiger partial charge < -0.3 is 0 Å². The number of amides is 1. The molecule has 0 aromatic heterocycles. The molecule has 0 unspecified atom stereocenters. The van der Waals surface area contributed by atoms with Gasteiger partial charge in [0.05, 0.1) is 0 Å². The maximum atomic E-state index is 11.2. The molecule has 0 aliphatic heterocycles. The molecule has 1 amide bonds. The highest BCUT2D eigenvalue weighted by Crippen LogP contribution is 2.14. The van der Waals surface area contributed by atoms with E-state index in [0.29, 0.717) is 6.42 Å². The highest BCUT2D eigenvalue weighted by molar-refractivity contribution is 5.76. The van der Waals surface area contributed by atoms with Gasteiger partial charge in [-0.2, -0.15) is 0 Å². The van der Waals surface area contributed by atoms with Crippen LogP contribution >= 0.6 is 0 Å². The molecule has 0 aliphatic rings. The third-order valence-electron chi connectivity index (χ3n) is 5.20. The molecule has 0 spiro atoms. The molecule has 0 N–H and O–H groups in total. The van der Waals surface area contributed by atoms with Crippen molar-refractivity contribution in [3.63, 3.8) is 0 Å². The van der Waals surface area contributed by atoms with Crippen molar-refractivity contribution in [3.05, 3.63) is 68.7 Å². The number of rotatable bonds is 15. The molecule has 0 bridgehead atoms. The van der Waals surface area contributed by atoms with Crippen LogP contribution in [0.1, 0.15) is 106 Å². The average Bonchev–Trinajstić information content (AvgIpc) is 2.69. The topological polar surface area (TPSA) is 65.8 Å². The lowest BCUT2D eigenvalue weighted by Crippen LogP contribution is -1.91. The van der Waals surface area contributed by atoms with Gasteiger partial charge in [0.15, 0.2) is 0 Å². The van der Waals surface area contributed by atoms with E-state index in [1.807, 2.05) is 6.92 Å². The molecule has 0 aliphatic carbocycles. The van der Waals surface area contributed by atoms with Crippen molar-refractivity contribution >= 4 is 5.91 Å². The number of unbranched alkanes of at least 4 members (excludes halogenated alkanes) is 1. The third kappa shape index (κ3) is 19.4. The lowest BCUT2D eigenvalue weighted by Gasteiger charge is -2.02. The lowest BCUT2D eigenvalue weighted by molar-refractivity contribution is -0.117. The Morgan fingerprint density at radius 1 is 0.613 bits per heavy atom. The smallest absolute Gasteiger partial charge is 0.219 e. The number of allylic oxidation sites excluding steroid dienone is 10. The van der Waals surface area contributed by atoms with Crippen LogP contribution in [0, 0.1) is 0 Å². The predicted molar refractivity (Wildman–Crippen MR) is 135 cm³/mol. The van der Waals surface area contributed by atoms with Gasteiger partial charge in [-0.05, 0) is 110 Å². The second-order valence-electron chi connectivity index (χ2n) is 8.76. The van der Waals surface area contributed by atoms with E-state index >= 15 is 0 Å². The SMILES string of the molecule is CC(C)=CCC/C(C)=C/CC/C(C)=C/CC/C=C(\C)CC/C=C(\C)CCC(=O)N=[N+]=[N-]. The number of nitrogens with zero attached hydrogens (tertiary/aromatic N) is 3. The molecule has 0 aromatic carbocycles. The zero-order chi connectivity index (χ0) is 23.5. The van der Waals surface area contributed by atoms with E-state index in [4.69, 9.17) is 5.53 Å². The summed E-state index contributed by atoms with van der Waals surface area (Å²) in [4.78, 5) is 13.7. The van der Waals surface area contributed by atoms with E-state index < -0.39 is 0 Å². The molecule has 31 heavy (non-hydrogen) atoms. The van der Waals surface area contributed by atoms with Crippen LogP contribution in [0.3, 0.4) is 0 Å². The van der Waals surface area contributed by atoms with Gasteiger partial charge in [-0.25, -0.2) is 0 Å². The first-order valence-electron chi connectivity index (χ1n) is 11.6. The van der Waals surface area contributed by atoms with Gasteiger partial charge in [-0.1, -0.05) is 58.2 Å². The van der Waals surface area contributed by atoms with E-state index in [1.54, 1.807) is 0 Å². The van der Waals surface area contributed by atoms with Crippen LogP contribution in [0.4, 0.5) is 0 Å². The van der Waals surface area contributed by atoms with E-state index in [9.17, 15) is 4.79 Å². The summed E-state index contributed by atoms with van der Waals surface area (Å²) >= 11 is 0.